The zero-order valence-electron chi connectivity index (χ0n) is 11.5. The number of unbranched alkanes of at least 4 members (excludes halogenated alkanes) is 1. The fraction of sp³-hybridized carbons (Fsp3) is 0.429. The van der Waals surface area contributed by atoms with Crippen LogP contribution < -0.4 is 0 Å². The third-order valence-corrected chi connectivity index (χ3v) is 3.92. The van der Waals surface area contributed by atoms with Crippen LogP contribution in [0.2, 0.25) is 0 Å². The van der Waals surface area contributed by atoms with E-state index in [-0.39, 0.29) is 12.2 Å². The average Bonchev–Trinajstić information content (AvgIpc) is 2.32. The van der Waals surface area contributed by atoms with Crippen LogP contribution in [0.3, 0.4) is 0 Å². The second kappa shape index (κ2) is 5.18. The topological polar surface area (TPSA) is 9.23 Å². The van der Waals surface area contributed by atoms with E-state index in [1.54, 1.807) is 6.07 Å². The maximum Gasteiger partial charge on any atom is 0.288 e. The van der Waals surface area contributed by atoms with Crippen LogP contribution in [0.4, 0.5) is 19.4 Å². The lowest BCUT2D eigenvalue weighted by Gasteiger charge is -2.46. The highest BCUT2D eigenvalue weighted by Crippen LogP contribution is 2.98. The van der Waals surface area contributed by atoms with Gasteiger partial charge in [-0.2, -0.15) is 0 Å². The summed E-state index contributed by atoms with van der Waals surface area (Å²) in [5.41, 5.74) is -2.09. The molecule has 0 aliphatic heterocycles. The lowest BCUT2D eigenvalue weighted by molar-refractivity contribution is -0.0243. The number of rotatable bonds is 7. The van der Waals surface area contributed by atoms with Gasteiger partial charge in [-0.25, -0.2) is 0 Å². The minimum Gasteiger partial charge on any atom is -0.369 e. The van der Waals surface area contributed by atoms with Crippen molar-refractivity contribution in [3.63, 3.8) is 0 Å². The molecule has 0 heterocycles. The molecular formula is C14H17F5OS. The van der Waals surface area contributed by atoms with Gasteiger partial charge >= 0.3 is 0 Å². The predicted molar refractivity (Wildman–Crippen MR) is 75.8 cm³/mol. The van der Waals surface area contributed by atoms with Gasteiger partial charge in [0, 0.05) is 13.0 Å². The van der Waals surface area contributed by atoms with E-state index < -0.39 is 21.6 Å². The molecule has 21 heavy (non-hydrogen) atoms. The lowest BCUT2D eigenvalue weighted by atomic mass is 9.98. The summed E-state index contributed by atoms with van der Waals surface area (Å²) in [6.45, 7) is 0.902. The summed E-state index contributed by atoms with van der Waals surface area (Å²) in [7, 11) is -9.62. The van der Waals surface area contributed by atoms with Gasteiger partial charge in [-0.15, -0.1) is 12.3 Å². The second-order valence-electron chi connectivity index (χ2n) is 5.03. The summed E-state index contributed by atoms with van der Waals surface area (Å²) >= 11 is 0. The van der Waals surface area contributed by atoms with Gasteiger partial charge in [0.25, 0.3) is 10.2 Å². The van der Waals surface area contributed by atoms with Gasteiger partial charge in [-0.3, -0.25) is 0 Å². The summed E-state index contributed by atoms with van der Waals surface area (Å²) in [6.07, 6.45) is 5.65. The van der Waals surface area contributed by atoms with Crippen molar-refractivity contribution in [2.45, 2.75) is 25.4 Å². The molecule has 0 amide bonds. The zero-order valence-corrected chi connectivity index (χ0v) is 12.3. The van der Waals surface area contributed by atoms with Crippen LogP contribution >= 0.6 is 10.2 Å². The Hall–Kier alpha value is -1.26. The van der Waals surface area contributed by atoms with E-state index in [1.165, 1.54) is 24.3 Å². The minimum atomic E-state index is -9.62. The van der Waals surface area contributed by atoms with Gasteiger partial charge < -0.3 is 4.74 Å². The quantitative estimate of drug-likeness (QED) is 0.358. The predicted octanol–water partition coefficient (Wildman–Crippen LogP) is 5.63. The molecule has 0 saturated heterocycles. The van der Waals surface area contributed by atoms with Gasteiger partial charge in [0.15, 0.2) is 0 Å². The van der Waals surface area contributed by atoms with Crippen molar-refractivity contribution in [3.05, 3.63) is 35.9 Å². The first-order chi connectivity index (χ1) is 9.35. The van der Waals surface area contributed by atoms with E-state index in [1.807, 2.05) is 0 Å². The standard InChI is InChI=1S/C14H17F5OS/c1-3-4-8-11-20-14(2,12-21(15,16,17,18)19)13-9-6-5-7-10-13/h1,5-7,9-10H,4,8,11-12H2,2H3. The molecule has 0 aliphatic rings. The number of ether oxygens (including phenoxy) is 1. The number of benzene rings is 1. The summed E-state index contributed by atoms with van der Waals surface area (Å²) < 4.78 is 69.5. The SMILES string of the molecule is C#CCCCOC(C)(CS(F)(F)(F)(F)F)c1ccccc1. The van der Waals surface area contributed by atoms with Crippen LogP contribution in [0, 0.1) is 12.3 Å². The van der Waals surface area contributed by atoms with Crippen LogP contribution in [0.25, 0.3) is 0 Å². The lowest BCUT2D eigenvalue weighted by Crippen LogP contribution is -2.36. The third-order valence-electron chi connectivity index (χ3n) is 2.82. The van der Waals surface area contributed by atoms with E-state index >= 15 is 0 Å². The monoisotopic (exact) mass is 328 g/mol. The van der Waals surface area contributed by atoms with E-state index in [2.05, 4.69) is 5.92 Å². The van der Waals surface area contributed by atoms with Crippen molar-refractivity contribution in [2.24, 2.45) is 0 Å². The molecule has 7 heteroatoms. The maximum absolute atomic E-state index is 12.9. The first kappa shape index (κ1) is 17.8. The van der Waals surface area contributed by atoms with Crippen LogP contribution in [0.15, 0.2) is 30.3 Å². The fourth-order valence-corrected chi connectivity index (χ4v) is 3.28. The number of hydrogen-bond donors (Lipinski definition) is 0. The van der Waals surface area contributed by atoms with E-state index in [9.17, 15) is 19.4 Å². The molecule has 0 fully saturated rings. The summed E-state index contributed by atoms with van der Waals surface area (Å²) in [5.74, 6) is 0.0154. The Balaban J connectivity index is 3.04. The molecular weight excluding hydrogens is 311 g/mol. The Labute approximate surface area is 121 Å². The number of halogens is 5. The van der Waals surface area contributed by atoms with Crippen LogP contribution in [0.1, 0.15) is 25.3 Å². The molecule has 1 unspecified atom stereocenters. The van der Waals surface area contributed by atoms with E-state index in [0.29, 0.717) is 12.8 Å². The molecule has 0 N–H and O–H groups in total. The van der Waals surface area contributed by atoms with Crippen LogP contribution in [0.5, 0.6) is 0 Å². The van der Waals surface area contributed by atoms with Crippen molar-refractivity contribution in [3.8, 4) is 12.3 Å². The molecule has 0 radical (unpaired) electrons. The third kappa shape index (κ3) is 6.82. The molecule has 1 rings (SSSR count). The van der Waals surface area contributed by atoms with Crippen molar-refractivity contribution in [1.29, 1.82) is 0 Å². The molecule has 1 atom stereocenters. The molecule has 1 aromatic rings. The number of terminal acetylenes is 1. The molecule has 120 valence electrons. The Bertz CT molecular complexity index is 519. The minimum absolute atomic E-state index is 0.0546. The van der Waals surface area contributed by atoms with Crippen LogP contribution in [-0.2, 0) is 10.3 Å². The smallest absolute Gasteiger partial charge is 0.288 e. The van der Waals surface area contributed by atoms with Gasteiger partial charge in [-0.1, -0.05) is 49.8 Å². The van der Waals surface area contributed by atoms with E-state index in [4.69, 9.17) is 11.2 Å². The van der Waals surface area contributed by atoms with Crippen molar-refractivity contribution < 1.29 is 24.2 Å². The highest BCUT2D eigenvalue weighted by Gasteiger charge is 2.67. The summed E-state index contributed by atoms with van der Waals surface area (Å²) in [6, 6.07) is 7.21. The fourth-order valence-electron chi connectivity index (χ4n) is 1.99. The molecule has 0 aromatic heterocycles. The Morgan fingerprint density at radius 1 is 1.14 bits per heavy atom. The Kier molecular flexibility index (Phi) is 4.39. The van der Waals surface area contributed by atoms with E-state index in [0.717, 1.165) is 6.92 Å². The van der Waals surface area contributed by atoms with Gasteiger partial charge in [0.1, 0.15) is 11.4 Å². The Morgan fingerprint density at radius 2 is 1.71 bits per heavy atom. The summed E-state index contributed by atoms with van der Waals surface area (Å²) in [4.78, 5) is 0. The normalized spacial score (nSPS) is 18.1. The maximum atomic E-state index is 12.9. The second-order valence-corrected chi connectivity index (χ2v) is 7.57. The van der Waals surface area contributed by atoms with Crippen LogP contribution in [-0.4, -0.2) is 12.4 Å². The molecule has 0 spiro atoms. The highest BCUT2D eigenvalue weighted by atomic mass is 32.5. The largest absolute Gasteiger partial charge is 0.369 e. The van der Waals surface area contributed by atoms with Gasteiger partial charge in [-0.05, 0) is 18.9 Å². The van der Waals surface area contributed by atoms with Crippen molar-refractivity contribution in [1.82, 2.24) is 0 Å². The first-order valence-corrected chi connectivity index (χ1v) is 8.33. The van der Waals surface area contributed by atoms with Crippen molar-refractivity contribution in [2.75, 3.05) is 12.4 Å². The number of hydrogen-bond acceptors (Lipinski definition) is 1. The molecule has 0 aliphatic carbocycles. The molecule has 0 saturated carbocycles. The first-order valence-electron chi connectivity index (χ1n) is 6.21. The molecule has 1 nitrogen and oxygen atoms in total. The average molecular weight is 328 g/mol. The van der Waals surface area contributed by atoms with Gasteiger partial charge in [0.05, 0.1) is 0 Å². The molecule has 1 aromatic carbocycles. The van der Waals surface area contributed by atoms with Crippen molar-refractivity contribution >= 4 is 10.2 Å². The Morgan fingerprint density at radius 3 is 2.19 bits per heavy atom. The highest BCUT2D eigenvalue weighted by molar-refractivity contribution is 8.45. The molecule has 0 bridgehead atoms. The van der Waals surface area contributed by atoms with Gasteiger partial charge in [0.2, 0.25) is 0 Å². The zero-order chi connectivity index (χ0) is 16.3. The summed E-state index contributed by atoms with van der Waals surface area (Å²) in [5, 5.41) is 0.